The molecular weight excluding hydrogens is 736 g/mol. The number of carbonyl (C=O) groups is 4. The molecule has 50 heavy (non-hydrogen) atoms. The lowest BCUT2D eigenvalue weighted by Gasteiger charge is -2.28. The fraction of sp³-hybridized carbons (Fsp3) is 0.333. The number of carbonyl (C=O) groups excluding carboxylic acids is 4. The van der Waals surface area contributed by atoms with Crippen LogP contribution < -0.4 is 25.4 Å². The van der Waals surface area contributed by atoms with Crippen molar-refractivity contribution in [3.63, 3.8) is 0 Å². The smallest absolute Gasteiger partial charge is 0.405 e. The van der Waals surface area contributed by atoms with E-state index in [0.717, 1.165) is 5.32 Å². The Bertz CT molecular complexity index is 1670. The van der Waals surface area contributed by atoms with E-state index in [-0.39, 0.29) is 27.8 Å². The monoisotopic (exact) mass is 765 g/mol. The van der Waals surface area contributed by atoms with Gasteiger partial charge < -0.3 is 25.4 Å². The van der Waals surface area contributed by atoms with Crippen LogP contribution in [-0.4, -0.2) is 61.4 Å². The molecule has 3 aromatic carbocycles. The Morgan fingerprint density at radius 2 is 1.40 bits per heavy atom. The molecule has 0 aliphatic heterocycles. The molecule has 0 bridgehead atoms. The number of methoxy groups -OCH3 is 1. The minimum atomic E-state index is -5.03. The van der Waals surface area contributed by atoms with E-state index >= 15 is 0 Å². The number of hydrogen-bond acceptors (Lipinski definition) is 6. The fourth-order valence-corrected chi connectivity index (χ4v) is 5.25. The van der Waals surface area contributed by atoms with Gasteiger partial charge in [-0.15, -0.1) is 0 Å². The summed E-state index contributed by atoms with van der Waals surface area (Å²) in [5.74, 6) is -12.3. The van der Waals surface area contributed by atoms with Crippen LogP contribution >= 0.6 is 34.8 Å². The molecule has 3 aromatic rings. The lowest BCUT2D eigenvalue weighted by Crippen LogP contribution is -2.58. The van der Waals surface area contributed by atoms with Crippen molar-refractivity contribution in [3.05, 3.63) is 92.9 Å². The quantitative estimate of drug-likeness (QED) is 0.120. The van der Waals surface area contributed by atoms with Crippen LogP contribution in [0.15, 0.2) is 66.7 Å². The van der Waals surface area contributed by atoms with E-state index in [1.807, 2.05) is 0 Å². The van der Waals surface area contributed by atoms with Crippen LogP contribution in [0.2, 0.25) is 15.1 Å². The van der Waals surface area contributed by atoms with Crippen molar-refractivity contribution < 1.29 is 50.6 Å². The SMILES string of the molecule is COc1ccc([C@H](NC(=O)[C@H](Cc2cccc(Cl)c2)Oc2cc(Cl)cc(Cl)c2)C(=O)N[C@H](C(=O)C(F)(F)C(=O)NCC(F)(F)F)C(C)C)cc1. The van der Waals surface area contributed by atoms with Crippen molar-refractivity contribution in [2.75, 3.05) is 13.7 Å². The Kier molecular flexibility index (Phi) is 13.8. The van der Waals surface area contributed by atoms with Gasteiger partial charge in [-0.1, -0.05) is 72.9 Å². The lowest BCUT2D eigenvalue weighted by molar-refractivity contribution is -0.165. The van der Waals surface area contributed by atoms with Gasteiger partial charge in [0.15, 0.2) is 6.10 Å². The summed E-state index contributed by atoms with van der Waals surface area (Å²) in [6, 6.07) is 12.6. The zero-order chi connectivity index (χ0) is 37.4. The molecule has 0 aliphatic rings. The van der Waals surface area contributed by atoms with E-state index < -0.39 is 66.3 Å². The second kappa shape index (κ2) is 17.2. The summed E-state index contributed by atoms with van der Waals surface area (Å²) >= 11 is 18.4. The second-order valence-corrected chi connectivity index (χ2v) is 12.5. The number of hydrogen-bond donors (Lipinski definition) is 3. The molecule has 0 saturated carbocycles. The Morgan fingerprint density at radius 3 is 1.94 bits per heavy atom. The lowest BCUT2D eigenvalue weighted by atomic mass is 9.94. The van der Waals surface area contributed by atoms with Crippen LogP contribution in [0.1, 0.15) is 31.0 Å². The minimum Gasteiger partial charge on any atom is -0.497 e. The summed E-state index contributed by atoms with van der Waals surface area (Å²) in [6.07, 6.45) is -6.50. The average molecular weight is 767 g/mol. The van der Waals surface area contributed by atoms with Gasteiger partial charge in [0.1, 0.15) is 24.1 Å². The van der Waals surface area contributed by atoms with E-state index in [1.165, 1.54) is 63.4 Å². The molecule has 0 fully saturated rings. The van der Waals surface area contributed by atoms with Crippen LogP contribution in [0.25, 0.3) is 0 Å². The first-order chi connectivity index (χ1) is 23.3. The summed E-state index contributed by atoms with van der Waals surface area (Å²) < 4.78 is 78.5. The zero-order valence-corrected chi connectivity index (χ0v) is 28.8. The van der Waals surface area contributed by atoms with Crippen LogP contribution in [0.3, 0.4) is 0 Å². The fourth-order valence-electron chi connectivity index (χ4n) is 4.53. The molecule has 3 rings (SSSR count). The van der Waals surface area contributed by atoms with Crippen LogP contribution in [0.5, 0.6) is 11.5 Å². The molecular formula is C33H31Cl3F5N3O6. The third-order valence-electron chi connectivity index (χ3n) is 7.01. The molecule has 0 aliphatic carbocycles. The van der Waals surface area contributed by atoms with Crippen molar-refractivity contribution in [3.8, 4) is 11.5 Å². The van der Waals surface area contributed by atoms with Gasteiger partial charge in [-0.3, -0.25) is 19.2 Å². The zero-order valence-electron chi connectivity index (χ0n) is 26.5. The van der Waals surface area contributed by atoms with Gasteiger partial charge in [0, 0.05) is 21.5 Å². The highest BCUT2D eigenvalue weighted by atomic mass is 35.5. The van der Waals surface area contributed by atoms with Crippen molar-refractivity contribution in [2.24, 2.45) is 5.92 Å². The van der Waals surface area contributed by atoms with E-state index in [0.29, 0.717) is 16.3 Å². The number of alkyl halides is 5. The minimum absolute atomic E-state index is 0.0895. The highest BCUT2D eigenvalue weighted by Crippen LogP contribution is 2.27. The maximum absolute atomic E-state index is 14.9. The van der Waals surface area contributed by atoms with Gasteiger partial charge in [-0.25, -0.2) is 0 Å². The molecule has 0 saturated heterocycles. The first kappa shape index (κ1) is 40.3. The molecule has 0 radical (unpaired) electrons. The Balaban J connectivity index is 1.97. The molecule has 270 valence electrons. The van der Waals surface area contributed by atoms with Crippen molar-refractivity contribution in [2.45, 2.75) is 50.6 Å². The van der Waals surface area contributed by atoms with Gasteiger partial charge in [-0.2, -0.15) is 22.0 Å². The number of amides is 3. The summed E-state index contributed by atoms with van der Waals surface area (Å²) in [4.78, 5) is 52.6. The van der Waals surface area contributed by atoms with Gasteiger partial charge in [0.2, 0.25) is 11.7 Å². The molecule has 3 atom stereocenters. The average Bonchev–Trinajstić information content (AvgIpc) is 3.03. The number of ketones is 1. The predicted octanol–water partition coefficient (Wildman–Crippen LogP) is 6.53. The van der Waals surface area contributed by atoms with Gasteiger partial charge >= 0.3 is 12.1 Å². The molecule has 3 amide bonds. The molecule has 3 N–H and O–H groups in total. The van der Waals surface area contributed by atoms with Gasteiger partial charge in [0.05, 0.1) is 13.2 Å². The molecule has 0 spiro atoms. The number of halogens is 8. The summed E-state index contributed by atoms with van der Waals surface area (Å²) in [5.41, 5.74) is 0.654. The Labute approximate surface area is 298 Å². The van der Waals surface area contributed by atoms with Crippen molar-refractivity contribution >= 4 is 58.3 Å². The maximum Gasteiger partial charge on any atom is 0.405 e. The topological polar surface area (TPSA) is 123 Å². The number of ether oxygens (including phenoxy) is 2. The Morgan fingerprint density at radius 1 is 0.780 bits per heavy atom. The van der Waals surface area contributed by atoms with Crippen LogP contribution in [0.4, 0.5) is 22.0 Å². The van der Waals surface area contributed by atoms with E-state index in [1.54, 1.807) is 24.3 Å². The highest BCUT2D eigenvalue weighted by Gasteiger charge is 2.52. The predicted molar refractivity (Wildman–Crippen MR) is 176 cm³/mol. The maximum atomic E-state index is 14.9. The van der Waals surface area contributed by atoms with Crippen LogP contribution in [0, 0.1) is 5.92 Å². The van der Waals surface area contributed by atoms with E-state index in [9.17, 15) is 41.1 Å². The van der Waals surface area contributed by atoms with Gasteiger partial charge in [0.25, 0.3) is 11.8 Å². The molecule has 0 aromatic heterocycles. The van der Waals surface area contributed by atoms with Crippen molar-refractivity contribution in [1.29, 1.82) is 0 Å². The Hall–Kier alpha value is -4.14. The molecule has 0 unspecified atom stereocenters. The van der Waals surface area contributed by atoms with E-state index in [4.69, 9.17) is 44.3 Å². The summed E-state index contributed by atoms with van der Waals surface area (Å²) in [5, 5.41) is 6.38. The highest BCUT2D eigenvalue weighted by molar-refractivity contribution is 6.34. The third kappa shape index (κ3) is 11.5. The number of rotatable bonds is 15. The first-order valence-electron chi connectivity index (χ1n) is 14.7. The van der Waals surface area contributed by atoms with Crippen LogP contribution in [-0.2, 0) is 25.6 Å². The van der Waals surface area contributed by atoms with Gasteiger partial charge in [-0.05, 0) is 59.5 Å². The summed E-state index contributed by atoms with van der Waals surface area (Å²) in [7, 11) is 1.38. The van der Waals surface area contributed by atoms with Crippen molar-refractivity contribution in [1.82, 2.24) is 16.0 Å². The molecule has 0 heterocycles. The number of Topliss-reactive ketones (excluding diaryl/α,β-unsaturated/α-hetero) is 1. The molecule has 9 nitrogen and oxygen atoms in total. The first-order valence-corrected chi connectivity index (χ1v) is 15.8. The standard InChI is InChI=1S/C33H31Cl3F5N3O6/c1-17(2)26(28(45)33(40,41)31(48)42-16-32(37,38)39)43-30(47)27(19-7-9-23(49-3)10-8-19)44-29(46)25(12-18-5-4-6-20(34)11-18)50-24-14-21(35)13-22(36)15-24/h4-11,13-15,17,25-27H,12,16H2,1-3H3,(H,42,48)(H,43,47)(H,44,46)/t25-,26-,27-/m0/s1. The number of benzene rings is 3. The van der Waals surface area contributed by atoms with E-state index in [2.05, 4.69) is 10.6 Å². The third-order valence-corrected chi connectivity index (χ3v) is 7.68. The summed E-state index contributed by atoms with van der Waals surface area (Å²) in [6.45, 7) is 0.412. The number of nitrogens with one attached hydrogen (secondary N) is 3. The normalized spacial score (nSPS) is 13.5. The largest absolute Gasteiger partial charge is 0.497 e. The second-order valence-electron chi connectivity index (χ2n) is 11.2. The molecule has 17 heteroatoms.